The summed E-state index contributed by atoms with van der Waals surface area (Å²) >= 11 is 0. The van der Waals surface area contributed by atoms with Crippen LogP contribution in [0.4, 0.5) is 17.3 Å². The number of amides is 1. The molecular formula is C17H20N6O. The number of benzene rings is 1. The molecule has 3 N–H and O–H groups in total. The quantitative estimate of drug-likeness (QED) is 0.766. The van der Waals surface area contributed by atoms with Crippen molar-refractivity contribution in [2.45, 2.75) is 13.8 Å². The lowest BCUT2D eigenvalue weighted by atomic mass is 10.1. The number of hydrogen-bond donors (Lipinski definition) is 2. The van der Waals surface area contributed by atoms with Gasteiger partial charge in [0.15, 0.2) is 5.65 Å². The number of para-hydroxylation sites is 1. The number of nitrogen functional groups attached to an aromatic ring is 1. The number of nitrogens with one attached hydrogen (secondary N) is 1. The molecule has 0 aliphatic rings. The first kappa shape index (κ1) is 15.8. The Balaban J connectivity index is 1.80. The molecule has 0 saturated carbocycles. The van der Waals surface area contributed by atoms with E-state index in [2.05, 4.69) is 15.4 Å². The first-order chi connectivity index (χ1) is 11.5. The van der Waals surface area contributed by atoms with E-state index in [1.807, 2.05) is 39.1 Å². The molecule has 3 aromatic rings. The van der Waals surface area contributed by atoms with Gasteiger partial charge in [0, 0.05) is 24.9 Å². The number of nitrogens with two attached hydrogens (primary N) is 1. The molecule has 0 aliphatic heterocycles. The molecule has 1 aromatic carbocycles. The number of nitrogens with zero attached hydrogens (tertiary/aromatic N) is 4. The summed E-state index contributed by atoms with van der Waals surface area (Å²) < 4.78 is 1.66. The van der Waals surface area contributed by atoms with E-state index in [1.54, 1.807) is 27.7 Å². The second-order valence-corrected chi connectivity index (χ2v) is 5.81. The van der Waals surface area contributed by atoms with Gasteiger partial charge in [-0.2, -0.15) is 9.61 Å². The summed E-state index contributed by atoms with van der Waals surface area (Å²) in [5.74, 6) is 0.991. The molecule has 0 radical (unpaired) electrons. The fourth-order valence-corrected chi connectivity index (χ4v) is 2.67. The molecule has 0 spiro atoms. The van der Waals surface area contributed by atoms with Crippen LogP contribution in [0.3, 0.4) is 0 Å². The minimum atomic E-state index is -0.106. The zero-order valence-corrected chi connectivity index (χ0v) is 13.9. The molecule has 0 fully saturated rings. The molecule has 2 heterocycles. The smallest absolute Gasteiger partial charge is 0.243 e. The van der Waals surface area contributed by atoms with E-state index in [0.717, 1.165) is 16.8 Å². The number of aryl methyl sites for hydroxylation is 2. The SMILES string of the molecule is Cc1cccc(C)c1NC(=O)CN(C)c1cc(N)nc2ccnn12. The highest BCUT2D eigenvalue weighted by Crippen LogP contribution is 2.20. The maximum absolute atomic E-state index is 12.4. The van der Waals surface area contributed by atoms with Crippen molar-refractivity contribution in [2.24, 2.45) is 0 Å². The summed E-state index contributed by atoms with van der Waals surface area (Å²) in [7, 11) is 1.82. The summed E-state index contributed by atoms with van der Waals surface area (Å²) in [5, 5.41) is 7.20. The van der Waals surface area contributed by atoms with Gasteiger partial charge in [0.2, 0.25) is 5.91 Å². The standard InChI is InChI=1S/C17H20N6O/c1-11-5-4-6-12(2)17(11)21-15(24)10-22(3)16-9-13(18)20-14-7-8-19-23(14)16/h4-9H,10H2,1-3H3,(H2,18,20)(H,21,24). The summed E-state index contributed by atoms with van der Waals surface area (Å²) in [5.41, 5.74) is 9.41. The molecule has 7 heteroatoms. The van der Waals surface area contributed by atoms with Gasteiger partial charge in [-0.15, -0.1) is 0 Å². The third kappa shape index (κ3) is 3.01. The monoisotopic (exact) mass is 324 g/mol. The Labute approximate surface area is 140 Å². The lowest BCUT2D eigenvalue weighted by Crippen LogP contribution is -2.32. The summed E-state index contributed by atoms with van der Waals surface area (Å²) in [6.07, 6.45) is 1.65. The van der Waals surface area contributed by atoms with Gasteiger partial charge >= 0.3 is 0 Å². The van der Waals surface area contributed by atoms with Crippen molar-refractivity contribution in [2.75, 3.05) is 29.5 Å². The van der Waals surface area contributed by atoms with Crippen LogP contribution in [-0.2, 0) is 4.79 Å². The second kappa shape index (κ2) is 6.19. The maximum Gasteiger partial charge on any atom is 0.243 e. The number of hydrogen-bond acceptors (Lipinski definition) is 5. The minimum absolute atomic E-state index is 0.106. The topological polar surface area (TPSA) is 88.5 Å². The molecule has 7 nitrogen and oxygen atoms in total. The van der Waals surface area contributed by atoms with Crippen LogP contribution in [-0.4, -0.2) is 34.1 Å². The fourth-order valence-electron chi connectivity index (χ4n) is 2.67. The summed E-state index contributed by atoms with van der Waals surface area (Å²) in [6.45, 7) is 4.12. The highest BCUT2D eigenvalue weighted by molar-refractivity contribution is 5.95. The van der Waals surface area contributed by atoms with Crippen molar-refractivity contribution in [1.29, 1.82) is 0 Å². The van der Waals surface area contributed by atoms with E-state index in [-0.39, 0.29) is 12.5 Å². The highest BCUT2D eigenvalue weighted by atomic mass is 16.2. The van der Waals surface area contributed by atoms with Gasteiger partial charge in [-0.1, -0.05) is 18.2 Å². The number of likely N-dealkylation sites (N-methyl/N-ethyl adjacent to an activating group) is 1. The van der Waals surface area contributed by atoms with Crippen molar-refractivity contribution in [3.63, 3.8) is 0 Å². The largest absolute Gasteiger partial charge is 0.384 e. The normalized spacial score (nSPS) is 10.8. The zero-order valence-electron chi connectivity index (χ0n) is 13.9. The third-order valence-corrected chi connectivity index (χ3v) is 3.88. The lowest BCUT2D eigenvalue weighted by molar-refractivity contribution is -0.114. The first-order valence-electron chi connectivity index (χ1n) is 7.63. The molecular weight excluding hydrogens is 304 g/mol. The molecule has 3 rings (SSSR count). The van der Waals surface area contributed by atoms with Gasteiger partial charge < -0.3 is 16.0 Å². The molecule has 1 amide bonds. The van der Waals surface area contributed by atoms with Crippen molar-refractivity contribution in [1.82, 2.24) is 14.6 Å². The highest BCUT2D eigenvalue weighted by Gasteiger charge is 2.14. The van der Waals surface area contributed by atoms with Crippen LogP contribution in [0.5, 0.6) is 0 Å². The van der Waals surface area contributed by atoms with Crippen LogP contribution in [0.1, 0.15) is 11.1 Å². The van der Waals surface area contributed by atoms with Gasteiger partial charge in [0.1, 0.15) is 11.6 Å². The van der Waals surface area contributed by atoms with E-state index in [0.29, 0.717) is 17.3 Å². The Morgan fingerprint density at radius 3 is 2.71 bits per heavy atom. The molecule has 0 unspecified atom stereocenters. The van der Waals surface area contributed by atoms with Gasteiger partial charge in [-0.05, 0) is 25.0 Å². The van der Waals surface area contributed by atoms with Gasteiger partial charge in [-0.25, -0.2) is 4.98 Å². The van der Waals surface area contributed by atoms with E-state index < -0.39 is 0 Å². The Kier molecular flexibility index (Phi) is 4.07. The molecule has 0 atom stereocenters. The Bertz CT molecular complexity index is 881. The molecule has 2 aromatic heterocycles. The third-order valence-electron chi connectivity index (χ3n) is 3.88. The van der Waals surface area contributed by atoms with Crippen molar-refractivity contribution in [3.05, 3.63) is 47.7 Å². The lowest BCUT2D eigenvalue weighted by Gasteiger charge is -2.20. The van der Waals surface area contributed by atoms with E-state index in [1.165, 1.54) is 0 Å². The number of rotatable bonds is 4. The maximum atomic E-state index is 12.4. The van der Waals surface area contributed by atoms with Crippen LogP contribution in [0, 0.1) is 13.8 Å². The van der Waals surface area contributed by atoms with Gasteiger partial charge in [0.25, 0.3) is 0 Å². The van der Waals surface area contributed by atoms with Crippen LogP contribution >= 0.6 is 0 Å². The predicted molar refractivity (Wildman–Crippen MR) is 95.2 cm³/mol. The van der Waals surface area contributed by atoms with E-state index in [9.17, 15) is 4.79 Å². The average Bonchev–Trinajstić information content (AvgIpc) is 2.98. The first-order valence-corrected chi connectivity index (χ1v) is 7.63. The number of anilines is 3. The fraction of sp³-hybridized carbons (Fsp3) is 0.235. The van der Waals surface area contributed by atoms with Crippen molar-refractivity contribution < 1.29 is 4.79 Å². The van der Waals surface area contributed by atoms with Crippen molar-refractivity contribution >= 4 is 28.9 Å². The Morgan fingerprint density at radius 2 is 2.00 bits per heavy atom. The molecule has 124 valence electrons. The molecule has 0 aliphatic carbocycles. The number of carbonyl (C=O) groups is 1. The number of fused-ring (bicyclic) bond motifs is 1. The number of aromatic nitrogens is 3. The Hall–Kier alpha value is -3.09. The predicted octanol–water partition coefficient (Wildman–Crippen LogP) is 2.00. The van der Waals surface area contributed by atoms with Gasteiger partial charge in [0.05, 0.1) is 12.7 Å². The summed E-state index contributed by atoms with van der Waals surface area (Å²) in [4.78, 5) is 18.4. The van der Waals surface area contributed by atoms with E-state index >= 15 is 0 Å². The van der Waals surface area contributed by atoms with Crippen LogP contribution in [0.15, 0.2) is 36.5 Å². The van der Waals surface area contributed by atoms with Gasteiger partial charge in [-0.3, -0.25) is 4.79 Å². The minimum Gasteiger partial charge on any atom is -0.384 e. The second-order valence-electron chi connectivity index (χ2n) is 5.81. The van der Waals surface area contributed by atoms with Crippen LogP contribution < -0.4 is 16.0 Å². The average molecular weight is 324 g/mol. The molecule has 0 saturated heterocycles. The van der Waals surface area contributed by atoms with Crippen LogP contribution in [0.25, 0.3) is 5.65 Å². The van der Waals surface area contributed by atoms with Crippen molar-refractivity contribution in [3.8, 4) is 0 Å². The zero-order chi connectivity index (χ0) is 17.3. The van der Waals surface area contributed by atoms with Crippen LogP contribution in [0.2, 0.25) is 0 Å². The Morgan fingerprint density at radius 1 is 1.29 bits per heavy atom. The summed E-state index contributed by atoms with van der Waals surface area (Å²) in [6, 6.07) is 9.39. The van der Waals surface area contributed by atoms with E-state index in [4.69, 9.17) is 5.73 Å². The number of carbonyl (C=O) groups excluding carboxylic acids is 1. The molecule has 24 heavy (non-hydrogen) atoms. The molecule has 0 bridgehead atoms.